The van der Waals surface area contributed by atoms with Crippen LogP contribution in [0.3, 0.4) is 0 Å². The Morgan fingerprint density at radius 1 is 1.61 bits per heavy atom. The van der Waals surface area contributed by atoms with Crippen LogP contribution in [0.25, 0.3) is 0 Å². The molecule has 1 aliphatic rings. The van der Waals surface area contributed by atoms with Crippen molar-refractivity contribution in [3.63, 3.8) is 0 Å². The number of hydrogen-bond acceptors (Lipinski definition) is 4. The number of aromatic nitrogens is 1. The van der Waals surface area contributed by atoms with E-state index in [1.165, 1.54) is 18.2 Å². The molecule has 1 unspecified atom stereocenters. The SMILES string of the molecule is C#CC1CC(=O)N(c2ccc(C(=O)OC)cn2)C1. The van der Waals surface area contributed by atoms with Gasteiger partial charge in [0.05, 0.1) is 12.7 Å². The summed E-state index contributed by atoms with van der Waals surface area (Å²) < 4.78 is 4.57. The maximum Gasteiger partial charge on any atom is 0.339 e. The second kappa shape index (κ2) is 4.88. The van der Waals surface area contributed by atoms with Crippen LogP contribution >= 0.6 is 0 Å². The molecule has 1 aromatic rings. The Kier molecular flexibility index (Phi) is 3.28. The average Bonchev–Trinajstić information content (AvgIpc) is 2.79. The van der Waals surface area contributed by atoms with E-state index in [0.717, 1.165) is 0 Å². The molecular formula is C13H12N2O3. The molecule has 1 atom stereocenters. The summed E-state index contributed by atoms with van der Waals surface area (Å²) in [5.41, 5.74) is 0.349. The van der Waals surface area contributed by atoms with Gasteiger partial charge in [-0.1, -0.05) is 0 Å². The Hall–Kier alpha value is -2.35. The Bertz CT molecular complexity index is 516. The zero-order valence-corrected chi connectivity index (χ0v) is 9.92. The van der Waals surface area contributed by atoms with Gasteiger partial charge in [-0.15, -0.1) is 12.3 Å². The van der Waals surface area contributed by atoms with Crippen molar-refractivity contribution in [2.75, 3.05) is 18.6 Å². The van der Waals surface area contributed by atoms with Gasteiger partial charge in [-0.2, -0.15) is 0 Å². The molecule has 0 radical (unpaired) electrons. The van der Waals surface area contributed by atoms with Crippen LogP contribution in [-0.2, 0) is 9.53 Å². The number of carbonyl (C=O) groups excluding carboxylic acids is 2. The van der Waals surface area contributed by atoms with E-state index in [0.29, 0.717) is 24.3 Å². The lowest BCUT2D eigenvalue weighted by Crippen LogP contribution is -2.25. The van der Waals surface area contributed by atoms with Gasteiger partial charge < -0.3 is 4.74 Å². The minimum atomic E-state index is -0.455. The van der Waals surface area contributed by atoms with Gasteiger partial charge in [0, 0.05) is 25.1 Å². The lowest BCUT2D eigenvalue weighted by atomic mass is 10.1. The van der Waals surface area contributed by atoms with Crippen LogP contribution in [-0.4, -0.2) is 30.5 Å². The molecule has 0 aromatic carbocycles. The normalized spacial score (nSPS) is 18.6. The largest absolute Gasteiger partial charge is 0.465 e. The lowest BCUT2D eigenvalue weighted by molar-refractivity contribution is -0.117. The summed E-state index contributed by atoms with van der Waals surface area (Å²) in [6.45, 7) is 0.472. The van der Waals surface area contributed by atoms with Gasteiger partial charge in [0.1, 0.15) is 5.82 Å². The van der Waals surface area contributed by atoms with Crippen LogP contribution in [0.15, 0.2) is 18.3 Å². The van der Waals surface area contributed by atoms with Crippen molar-refractivity contribution < 1.29 is 14.3 Å². The van der Waals surface area contributed by atoms with Crippen molar-refractivity contribution in [2.45, 2.75) is 6.42 Å². The fourth-order valence-electron chi connectivity index (χ4n) is 1.82. The number of carbonyl (C=O) groups is 2. The van der Waals surface area contributed by atoms with Crippen molar-refractivity contribution >= 4 is 17.7 Å². The average molecular weight is 244 g/mol. The summed E-state index contributed by atoms with van der Waals surface area (Å²) in [5.74, 6) is 2.50. The zero-order chi connectivity index (χ0) is 13.1. The van der Waals surface area contributed by atoms with Crippen molar-refractivity contribution in [3.05, 3.63) is 23.9 Å². The molecule has 0 bridgehead atoms. The smallest absolute Gasteiger partial charge is 0.339 e. The number of rotatable bonds is 2. The fourth-order valence-corrected chi connectivity index (χ4v) is 1.82. The van der Waals surface area contributed by atoms with E-state index in [1.807, 2.05) is 0 Å². The monoisotopic (exact) mass is 244 g/mol. The Labute approximate surface area is 105 Å². The molecule has 92 valence electrons. The van der Waals surface area contributed by atoms with Crippen molar-refractivity contribution in [1.29, 1.82) is 0 Å². The highest BCUT2D eigenvalue weighted by atomic mass is 16.5. The second-order valence-corrected chi connectivity index (χ2v) is 3.97. The predicted octanol–water partition coefficient (Wildman–Crippen LogP) is 0.854. The molecule has 0 aliphatic carbocycles. The van der Waals surface area contributed by atoms with Crippen LogP contribution in [0.2, 0.25) is 0 Å². The van der Waals surface area contributed by atoms with E-state index < -0.39 is 5.97 Å². The molecule has 1 aromatic heterocycles. The van der Waals surface area contributed by atoms with Gasteiger partial charge >= 0.3 is 5.97 Å². The number of hydrogen-bond donors (Lipinski definition) is 0. The molecule has 1 aliphatic heterocycles. The summed E-state index contributed by atoms with van der Waals surface area (Å²) in [4.78, 5) is 28.6. The third kappa shape index (κ3) is 2.18. The topological polar surface area (TPSA) is 59.5 Å². The number of ether oxygens (including phenoxy) is 1. The van der Waals surface area contributed by atoms with E-state index in [2.05, 4.69) is 15.6 Å². The molecule has 1 saturated heterocycles. The molecule has 5 nitrogen and oxygen atoms in total. The van der Waals surface area contributed by atoms with Crippen LogP contribution in [0.5, 0.6) is 0 Å². The quantitative estimate of drug-likeness (QED) is 0.571. The number of anilines is 1. The number of esters is 1. The second-order valence-electron chi connectivity index (χ2n) is 3.97. The maximum atomic E-state index is 11.7. The van der Waals surface area contributed by atoms with Gasteiger partial charge in [0.2, 0.25) is 5.91 Å². The molecule has 0 saturated carbocycles. The molecular weight excluding hydrogens is 232 g/mol. The predicted molar refractivity (Wildman–Crippen MR) is 64.9 cm³/mol. The van der Waals surface area contributed by atoms with Gasteiger partial charge in [-0.25, -0.2) is 9.78 Å². The minimum Gasteiger partial charge on any atom is -0.465 e. The van der Waals surface area contributed by atoms with Gasteiger partial charge in [-0.05, 0) is 12.1 Å². The lowest BCUT2D eigenvalue weighted by Gasteiger charge is -2.14. The van der Waals surface area contributed by atoms with Crippen molar-refractivity contribution in [1.82, 2.24) is 4.98 Å². The van der Waals surface area contributed by atoms with Crippen LogP contribution < -0.4 is 4.90 Å². The molecule has 0 N–H and O–H groups in total. The van der Waals surface area contributed by atoms with E-state index in [1.54, 1.807) is 12.1 Å². The number of terminal acetylenes is 1. The van der Waals surface area contributed by atoms with Crippen LogP contribution in [0, 0.1) is 18.3 Å². The summed E-state index contributed by atoms with van der Waals surface area (Å²) in [6.07, 6.45) is 7.04. The number of pyridine rings is 1. The molecule has 5 heteroatoms. The van der Waals surface area contributed by atoms with Gasteiger partial charge in [0.15, 0.2) is 0 Å². The van der Waals surface area contributed by atoms with Gasteiger partial charge in [-0.3, -0.25) is 9.69 Å². The Balaban J connectivity index is 2.18. The van der Waals surface area contributed by atoms with E-state index in [-0.39, 0.29) is 11.8 Å². The van der Waals surface area contributed by atoms with E-state index in [4.69, 9.17) is 6.42 Å². The Morgan fingerprint density at radius 2 is 2.39 bits per heavy atom. The highest BCUT2D eigenvalue weighted by molar-refractivity contribution is 5.95. The molecule has 18 heavy (non-hydrogen) atoms. The van der Waals surface area contributed by atoms with Gasteiger partial charge in [0.25, 0.3) is 0 Å². The molecule has 2 rings (SSSR count). The summed E-state index contributed by atoms with van der Waals surface area (Å²) in [6, 6.07) is 3.19. The minimum absolute atomic E-state index is 0.0451. The highest BCUT2D eigenvalue weighted by Crippen LogP contribution is 2.22. The number of methoxy groups -OCH3 is 1. The fraction of sp³-hybridized carbons (Fsp3) is 0.308. The first-order valence-electron chi connectivity index (χ1n) is 5.46. The first kappa shape index (κ1) is 12.1. The highest BCUT2D eigenvalue weighted by Gasteiger charge is 2.30. The van der Waals surface area contributed by atoms with E-state index >= 15 is 0 Å². The number of amides is 1. The molecule has 0 spiro atoms. The van der Waals surface area contributed by atoms with E-state index in [9.17, 15) is 9.59 Å². The summed E-state index contributed by atoms with van der Waals surface area (Å²) in [7, 11) is 1.30. The first-order valence-corrected chi connectivity index (χ1v) is 5.46. The standard InChI is InChI=1S/C13H12N2O3/c1-3-9-6-12(16)15(8-9)11-5-4-10(7-14-11)13(17)18-2/h1,4-5,7,9H,6,8H2,2H3. The molecule has 1 fully saturated rings. The Morgan fingerprint density at radius 3 is 2.89 bits per heavy atom. The van der Waals surface area contributed by atoms with Crippen LogP contribution in [0.1, 0.15) is 16.8 Å². The number of nitrogens with zero attached hydrogens (tertiary/aromatic N) is 2. The van der Waals surface area contributed by atoms with Crippen LogP contribution in [0.4, 0.5) is 5.82 Å². The summed E-state index contributed by atoms with van der Waals surface area (Å²) >= 11 is 0. The molecule has 1 amide bonds. The molecule has 2 heterocycles. The maximum absolute atomic E-state index is 11.7. The summed E-state index contributed by atoms with van der Waals surface area (Å²) in [5, 5.41) is 0. The third-order valence-corrected chi connectivity index (χ3v) is 2.81. The zero-order valence-electron chi connectivity index (χ0n) is 9.92. The van der Waals surface area contributed by atoms with Crippen molar-refractivity contribution in [3.8, 4) is 12.3 Å². The third-order valence-electron chi connectivity index (χ3n) is 2.81. The first-order chi connectivity index (χ1) is 8.65. The van der Waals surface area contributed by atoms with Crippen molar-refractivity contribution in [2.24, 2.45) is 5.92 Å².